The quantitative estimate of drug-likeness (QED) is 0.750. The topological polar surface area (TPSA) is 73.0 Å². The van der Waals surface area contributed by atoms with E-state index in [1.807, 2.05) is 12.1 Å². The molecule has 0 bridgehead atoms. The minimum Gasteiger partial charge on any atom is -0.467 e. The van der Waals surface area contributed by atoms with E-state index in [1.54, 1.807) is 6.26 Å². The van der Waals surface area contributed by atoms with Crippen molar-refractivity contribution in [2.45, 2.75) is 69.1 Å². The van der Waals surface area contributed by atoms with Gasteiger partial charge in [0.15, 0.2) is 5.16 Å². The number of rotatable bonds is 7. The molecule has 0 spiro atoms. The third-order valence-corrected chi connectivity index (χ3v) is 6.34. The molecule has 0 radical (unpaired) electrons. The molecule has 2 aliphatic carbocycles. The van der Waals surface area contributed by atoms with Crippen molar-refractivity contribution in [1.29, 1.82) is 0 Å². The zero-order chi connectivity index (χ0) is 17.9. The fourth-order valence-corrected chi connectivity index (χ4v) is 4.42. The standard InChI is InChI=1S/C19H26N4O2S/c1-13-5-2-3-7-16(13)20-17(24)12-26-19-22-21-18(14-8-9-14)23(19)11-15-6-4-10-25-15/h4,6,10,13-14,16H,2-3,5,7-9,11-12H2,1H3,(H,20,24)/t13-,16-/m1/s1. The lowest BCUT2D eigenvalue weighted by Crippen LogP contribution is -2.41. The Bertz CT molecular complexity index is 739. The van der Waals surface area contributed by atoms with Gasteiger partial charge in [0.25, 0.3) is 0 Å². The van der Waals surface area contributed by atoms with Crippen molar-refractivity contribution < 1.29 is 9.21 Å². The van der Waals surface area contributed by atoms with Crippen molar-refractivity contribution in [3.05, 3.63) is 30.0 Å². The zero-order valence-electron chi connectivity index (χ0n) is 15.2. The zero-order valence-corrected chi connectivity index (χ0v) is 16.0. The molecule has 0 aromatic carbocycles. The van der Waals surface area contributed by atoms with Crippen LogP contribution in [0.4, 0.5) is 0 Å². The average molecular weight is 375 g/mol. The molecule has 2 saturated carbocycles. The number of nitrogens with zero attached hydrogens (tertiary/aromatic N) is 3. The molecule has 0 unspecified atom stereocenters. The molecule has 2 atom stereocenters. The highest BCUT2D eigenvalue weighted by molar-refractivity contribution is 7.99. The molecule has 2 aromatic rings. The molecule has 1 amide bonds. The van der Waals surface area contributed by atoms with E-state index in [9.17, 15) is 4.79 Å². The Labute approximate surface area is 158 Å². The molecule has 2 fully saturated rings. The van der Waals surface area contributed by atoms with E-state index in [1.165, 1.54) is 43.9 Å². The summed E-state index contributed by atoms with van der Waals surface area (Å²) in [5.41, 5.74) is 0. The van der Waals surface area contributed by atoms with Crippen LogP contribution in [0.25, 0.3) is 0 Å². The lowest BCUT2D eigenvalue weighted by molar-refractivity contribution is -0.119. The second-order valence-corrected chi connectivity index (χ2v) is 8.45. The maximum Gasteiger partial charge on any atom is 0.230 e. The van der Waals surface area contributed by atoms with Gasteiger partial charge in [-0.25, -0.2) is 0 Å². The van der Waals surface area contributed by atoms with Crippen LogP contribution < -0.4 is 5.32 Å². The third-order valence-electron chi connectivity index (χ3n) is 5.37. The summed E-state index contributed by atoms with van der Waals surface area (Å²) in [5, 5.41) is 12.7. The average Bonchev–Trinajstić information content (AvgIpc) is 3.20. The second kappa shape index (κ2) is 7.86. The van der Waals surface area contributed by atoms with Gasteiger partial charge >= 0.3 is 0 Å². The van der Waals surface area contributed by atoms with Crippen LogP contribution in [-0.2, 0) is 11.3 Å². The Hall–Kier alpha value is -1.76. The van der Waals surface area contributed by atoms with E-state index >= 15 is 0 Å². The van der Waals surface area contributed by atoms with Crippen LogP contribution in [0.3, 0.4) is 0 Å². The predicted octanol–water partition coefficient (Wildman–Crippen LogP) is 3.58. The highest BCUT2D eigenvalue weighted by Gasteiger charge is 2.31. The predicted molar refractivity (Wildman–Crippen MR) is 100 cm³/mol. The molecule has 140 valence electrons. The van der Waals surface area contributed by atoms with Crippen LogP contribution in [0.5, 0.6) is 0 Å². The third kappa shape index (κ3) is 4.14. The van der Waals surface area contributed by atoms with Crippen LogP contribution >= 0.6 is 11.8 Å². The summed E-state index contributed by atoms with van der Waals surface area (Å²) in [6.07, 6.45) is 8.81. The van der Waals surface area contributed by atoms with Crippen molar-refractivity contribution in [3.8, 4) is 0 Å². The Morgan fingerprint density at radius 2 is 2.15 bits per heavy atom. The van der Waals surface area contributed by atoms with Crippen LogP contribution in [0.15, 0.2) is 28.0 Å². The Morgan fingerprint density at radius 1 is 1.31 bits per heavy atom. The van der Waals surface area contributed by atoms with Crippen LogP contribution in [-0.4, -0.2) is 32.5 Å². The molecule has 2 aromatic heterocycles. The van der Waals surface area contributed by atoms with Gasteiger partial charge in [0.1, 0.15) is 11.6 Å². The SMILES string of the molecule is C[C@@H]1CCCC[C@H]1NC(=O)CSc1nnc(C2CC2)n1Cc1ccco1. The van der Waals surface area contributed by atoms with Gasteiger partial charge in [-0.3, -0.25) is 9.36 Å². The summed E-state index contributed by atoms with van der Waals surface area (Å²) in [6, 6.07) is 4.17. The van der Waals surface area contributed by atoms with Gasteiger partial charge in [-0.15, -0.1) is 10.2 Å². The van der Waals surface area contributed by atoms with E-state index in [2.05, 4.69) is 27.0 Å². The maximum absolute atomic E-state index is 12.4. The van der Waals surface area contributed by atoms with Crippen molar-refractivity contribution in [2.75, 3.05) is 5.75 Å². The second-order valence-electron chi connectivity index (χ2n) is 7.50. The maximum atomic E-state index is 12.4. The van der Waals surface area contributed by atoms with E-state index < -0.39 is 0 Å². The summed E-state index contributed by atoms with van der Waals surface area (Å²) < 4.78 is 7.60. The van der Waals surface area contributed by atoms with Crippen molar-refractivity contribution in [2.24, 2.45) is 5.92 Å². The summed E-state index contributed by atoms with van der Waals surface area (Å²) in [4.78, 5) is 12.4. The summed E-state index contributed by atoms with van der Waals surface area (Å²) in [7, 11) is 0. The first-order valence-corrected chi connectivity index (χ1v) is 10.6. The number of aromatic nitrogens is 3. The van der Waals surface area contributed by atoms with E-state index in [4.69, 9.17) is 4.42 Å². The van der Waals surface area contributed by atoms with E-state index in [-0.39, 0.29) is 5.91 Å². The monoisotopic (exact) mass is 374 g/mol. The summed E-state index contributed by atoms with van der Waals surface area (Å²) in [5.74, 6) is 3.45. The molecule has 0 aliphatic heterocycles. The highest BCUT2D eigenvalue weighted by atomic mass is 32.2. The number of hydrogen-bond acceptors (Lipinski definition) is 5. The van der Waals surface area contributed by atoms with E-state index in [0.29, 0.717) is 30.2 Å². The highest BCUT2D eigenvalue weighted by Crippen LogP contribution is 2.40. The lowest BCUT2D eigenvalue weighted by Gasteiger charge is -2.29. The molecule has 4 rings (SSSR count). The molecule has 7 heteroatoms. The van der Waals surface area contributed by atoms with Crippen molar-refractivity contribution in [1.82, 2.24) is 20.1 Å². The van der Waals surface area contributed by atoms with Gasteiger partial charge in [0.2, 0.25) is 5.91 Å². The van der Waals surface area contributed by atoms with E-state index in [0.717, 1.165) is 23.2 Å². The first-order valence-electron chi connectivity index (χ1n) is 9.58. The van der Waals surface area contributed by atoms with Gasteiger partial charge in [-0.05, 0) is 43.7 Å². The summed E-state index contributed by atoms with van der Waals surface area (Å²) in [6.45, 7) is 2.86. The number of carbonyl (C=O) groups excluding carboxylic acids is 1. The largest absolute Gasteiger partial charge is 0.467 e. The fraction of sp³-hybridized carbons (Fsp3) is 0.632. The van der Waals surface area contributed by atoms with Gasteiger partial charge in [0.05, 0.1) is 18.6 Å². The number of thioether (sulfide) groups is 1. The minimum absolute atomic E-state index is 0.0919. The summed E-state index contributed by atoms with van der Waals surface area (Å²) >= 11 is 1.47. The first kappa shape index (κ1) is 17.6. The lowest BCUT2D eigenvalue weighted by atomic mass is 9.86. The number of carbonyl (C=O) groups is 1. The van der Waals surface area contributed by atoms with Gasteiger partial charge < -0.3 is 9.73 Å². The number of furan rings is 1. The normalized spacial score (nSPS) is 23.1. The molecular weight excluding hydrogens is 348 g/mol. The first-order chi connectivity index (χ1) is 12.7. The minimum atomic E-state index is 0.0919. The molecule has 6 nitrogen and oxygen atoms in total. The molecule has 2 heterocycles. The van der Waals surface area contributed by atoms with Gasteiger partial charge in [0, 0.05) is 12.0 Å². The smallest absolute Gasteiger partial charge is 0.230 e. The Morgan fingerprint density at radius 3 is 2.88 bits per heavy atom. The molecule has 1 N–H and O–H groups in total. The van der Waals surface area contributed by atoms with Crippen LogP contribution in [0.2, 0.25) is 0 Å². The Kier molecular flexibility index (Phi) is 5.33. The number of amides is 1. The van der Waals surface area contributed by atoms with Crippen molar-refractivity contribution >= 4 is 17.7 Å². The Balaban J connectivity index is 1.39. The van der Waals surface area contributed by atoms with Gasteiger partial charge in [-0.2, -0.15) is 0 Å². The molecule has 2 aliphatic rings. The van der Waals surface area contributed by atoms with Crippen molar-refractivity contribution in [3.63, 3.8) is 0 Å². The van der Waals surface area contributed by atoms with Crippen LogP contribution in [0, 0.1) is 5.92 Å². The van der Waals surface area contributed by atoms with Gasteiger partial charge in [-0.1, -0.05) is 31.5 Å². The van der Waals surface area contributed by atoms with Crippen LogP contribution in [0.1, 0.15) is 63.0 Å². The number of hydrogen-bond donors (Lipinski definition) is 1. The number of nitrogens with one attached hydrogen (secondary N) is 1. The molecule has 26 heavy (non-hydrogen) atoms. The fourth-order valence-electron chi connectivity index (χ4n) is 3.67. The molecular formula is C19H26N4O2S. The molecule has 0 saturated heterocycles.